The summed E-state index contributed by atoms with van der Waals surface area (Å²) in [6, 6.07) is 17.8. The van der Waals surface area contributed by atoms with Crippen LogP contribution in [-0.2, 0) is 6.61 Å². The summed E-state index contributed by atoms with van der Waals surface area (Å²) in [7, 11) is 0. The Morgan fingerprint density at radius 3 is 2.86 bits per heavy atom. The molecule has 0 saturated carbocycles. The molecule has 3 aromatic rings. The Balaban J connectivity index is 1.35. The molecule has 1 aliphatic rings. The zero-order chi connectivity index (χ0) is 20.1. The van der Waals surface area contributed by atoms with Crippen LogP contribution in [-0.4, -0.2) is 34.2 Å². The standard InChI is InChI=1S/C23H26N4O2/c1-17-14-20(29-16-18-6-3-2-4-7-18)9-10-21(17)25-23(28)27-13-5-8-19(15-27)22-11-12-24-26-22/h2-4,6-7,9-12,14,19H,5,8,13,15-16H2,1H3,(H,24,26)(H,25,28). The van der Waals surface area contributed by atoms with Gasteiger partial charge in [0.05, 0.1) is 0 Å². The maximum atomic E-state index is 12.8. The van der Waals surface area contributed by atoms with Crippen molar-refractivity contribution in [2.45, 2.75) is 32.3 Å². The molecule has 0 aliphatic carbocycles. The van der Waals surface area contributed by atoms with Gasteiger partial charge < -0.3 is 15.0 Å². The van der Waals surface area contributed by atoms with Crippen molar-refractivity contribution in [1.29, 1.82) is 0 Å². The molecule has 0 radical (unpaired) electrons. The number of nitrogens with zero attached hydrogens (tertiary/aromatic N) is 2. The van der Waals surface area contributed by atoms with Gasteiger partial charge in [-0.3, -0.25) is 5.10 Å². The lowest BCUT2D eigenvalue weighted by molar-refractivity contribution is 0.192. The smallest absolute Gasteiger partial charge is 0.321 e. The van der Waals surface area contributed by atoms with Gasteiger partial charge in [0.1, 0.15) is 12.4 Å². The summed E-state index contributed by atoms with van der Waals surface area (Å²) >= 11 is 0. The first-order chi connectivity index (χ1) is 14.2. The predicted octanol–water partition coefficient (Wildman–Crippen LogP) is 4.71. The largest absolute Gasteiger partial charge is 0.489 e. The van der Waals surface area contributed by atoms with Crippen LogP contribution in [0.15, 0.2) is 60.8 Å². The molecule has 2 heterocycles. The SMILES string of the molecule is Cc1cc(OCc2ccccc2)ccc1NC(=O)N1CCCC(c2ccn[nH]2)C1. The first kappa shape index (κ1) is 19.1. The summed E-state index contributed by atoms with van der Waals surface area (Å²) in [5.74, 6) is 1.11. The van der Waals surface area contributed by atoms with Crippen LogP contribution >= 0.6 is 0 Å². The molecule has 1 saturated heterocycles. The predicted molar refractivity (Wildman–Crippen MR) is 113 cm³/mol. The summed E-state index contributed by atoms with van der Waals surface area (Å²) in [6.45, 7) is 3.97. The molecule has 4 rings (SSSR count). The van der Waals surface area contributed by atoms with Crippen molar-refractivity contribution in [3.8, 4) is 5.75 Å². The molecule has 0 bridgehead atoms. The molecule has 2 amide bonds. The first-order valence-electron chi connectivity index (χ1n) is 10.0. The van der Waals surface area contributed by atoms with Gasteiger partial charge in [-0.1, -0.05) is 30.3 Å². The molecule has 29 heavy (non-hydrogen) atoms. The number of anilines is 1. The molecule has 1 aromatic heterocycles. The molecule has 2 aromatic carbocycles. The van der Waals surface area contributed by atoms with E-state index in [1.807, 2.05) is 66.4 Å². The maximum Gasteiger partial charge on any atom is 0.321 e. The van der Waals surface area contributed by atoms with Crippen LogP contribution in [0.25, 0.3) is 0 Å². The number of aromatic nitrogens is 2. The number of nitrogens with one attached hydrogen (secondary N) is 2. The summed E-state index contributed by atoms with van der Waals surface area (Å²) in [4.78, 5) is 14.7. The lowest BCUT2D eigenvalue weighted by Crippen LogP contribution is -2.41. The number of likely N-dealkylation sites (tertiary alicyclic amines) is 1. The molecule has 2 N–H and O–H groups in total. The summed E-state index contributed by atoms with van der Waals surface area (Å²) < 4.78 is 5.87. The van der Waals surface area contributed by atoms with Gasteiger partial charge in [0, 0.05) is 36.6 Å². The van der Waals surface area contributed by atoms with Crippen molar-refractivity contribution in [3.05, 3.63) is 77.6 Å². The number of aryl methyl sites for hydroxylation is 1. The number of urea groups is 1. The molecule has 0 spiro atoms. The number of rotatable bonds is 5. The molecule has 1 atom stereocenters. The van der Waals surface area contributed by atoms with Gasteiger partial charge in [-0.15, -0.1) is 0 Å². The number of hydrogen-bond acceptors (Lipinski definition) is 3. The second-order valence-corrected chi connectivity index (χ2v) is 7.48. The van der Waals surface area contributed by atoms with Gasteiger partial charge in [0.15, 0.2) is 0 Å². The molecular formula is C23H26N4O2. The van der Waals surface area contributed by atoms with Crippen molar-refractivity contribution >= 4 is 11.7 Å². The highest BCUT2D eigenvalue weighted by atomic mass is 16.5. The Labute approximate surface area is 170 Å². The van der Waals surface area contributed by atoms with Crippen molar-refractivity contribution < 1.29 is 9.53 Å². The van der Waals surface area contributed by atoms with Crippen LogP contribution in [0.5, 0.6) is 5.75 Å². The van der Waals surface area contributed by atoms with Crippen LogP contribution in [0.1, 0.15) is 35.6 Å². The van der Waals surface area contributed by atoms with Gasteiger partial charge in [0.25, 0.3) is 0 Å². The number of amides is 2. The van der Waals surface area contributed by atoms with Gasteiger partial charge in [-0.05, 0) is 55.2 Å². The second-order valence-electron chi connectivity index (χ2n) is 7.48. The molecule has 1 fully saturated rings. The minimum Gasteiger partial charge on any atom is -0.489 e. The number of hydrogen-bond donors (Lipinski definition) is 2. The number of piperidine rings is 1. The summed E-state index contributed by atoms with van der Waals surface area (Å²) in [5.41, 5.74) is 4.01. The maximum absolute atomic E-state index is 12.8. The van der Waals surface area contributed by atoms with Crippen LogP contribution in [0.4, 0.5) is 10.5 Å². The van der Waals surface area contributed by atoms with Crippen molar-refractivity contribution in [2.75, 3.05) is 18.4 Å². The van der Waals surface area contributed by atoms with E-state index in [-0.39, 0.29) is 6.03 Å². The van der Waals surface area contributed by atoms with E-state index in [1.165, 1.54) is 0 Å². The number of carbonyl (C=O) groups is 1. The normalized spacial score (nSPS) is 16.4. The molecule has 6 heteroatoms. The van der Waals surface area contributed by atoms with E-state index in [1.54, 1.807) is 6.20 Å². The fourth-order valence-corrected chi connectivity index (χ4v) is 3.71. The van der Waals surface area contributed by atoms with Crippen LogP contribution in [0.3, 0.4) is 0 Å². The van der Waals surface area contributed by atoms with Gasteiger partial charge >= 0.3 is 6.03 Å². The zero-order valence-electron chi connectivity index (χ0n) is 16.6. The van der Waals surface area contributed by atoms with E-state index in [0.717, 1.165) is 47.6 Å². The van der Waals surface area contributed by atoms with E-state index in [4.69, 9.17) is 4.74 Å². The Morgan fingerprint density at radius 1 is 1.24 bits per heavy atom. The monoisotopic (exact) mass is 390 g/mol. The Morgan fingerprint density at radius 2 is 2.10 bits per heavy atom. The average molecular weight is 390 g/mol. The van der Waals surface area contributed by atoms with Crippen LogP contribution in [0.2, 0.25) is 0 Å². The zero-order valence-corrected chi connectivity index (χ0v) is 16.6. The highest BCUT2D eigenvalue weighted by molar-refractivity contribution is 5.90. The number of ether oxygens (including phenoxy) is 1. The number of carbonyl (C=O) groups excluding carboxylic acids is 1. The second kappa shape index (κ2) is 8.82. The van der Waals surface area contributed by atoms with E-state index in [2.05, 4.69) is 15.5 Å². The Bertz CT molecular complexity index is 941. The van der Waals surface area contributed by atoms with Crippen molar-refractivity contribution in [2.24, 2.45) is 0 Å². The quantitative estimate of drug-likeness (QED) is 0.663. The fourth-order valence-electron chi connectivity index (χ4n) is 3.71. The van der Waals surface area contributed by atoms with Crippen molar-refractivity contribution in [3.63, 3.8) is 0 Å². The van der Waals surface area contributed by atoms with E-state index >= 15 is 0 Å². The molecular weight excluding hydrogens is 364 g/mol. The van der Waals surface area contributed by atoms with Crippen LogP contribution in [0, 0.1) is 6.92 Å². The Kier molecular flexibility index (Phi) is 5.79. The lowest BCUT2D eigenvalue weighted by atomic mass is 9.95. The third-order valence-corrected chi connectivity index (χ3v) is 5.36. The summed E-state index contributed by atoms with van der Waals surface area (Å²) in [6.07, 6.45) is 3.82. The van der Waals surface area contributed by atoms with Gasteiger partial charge in [0.2, 0.25) is 0 Å². The topological polar surface area (TPSA) is 70.2 Å². The number of H-pyrrole nitrogens is 1. The van der Waals surface area contributed by atoms with Crippen LogP contribution < -0.4 is 10.1 Å². The van der Waals surface area contributed by atoms with Crippen molar-refractivity contribution in [1.82, 2.24) is 15.1 Å². The number of benzene rings is 2. The molecule has 1 aliphatic heterocycles. The minimum atomic E-state index is -0.0599. The Hall–Kier alpha value is -3.28. The van der Waals surface area contributed by atoms with E-state index in [9.17, 15) is 4.79 Å². The van der Waals surface area contributed by atoms with E-state index < -0.39 is 0 Å². The third kappa shape index (κ3) is 4.77. The molecule has 1 unspecified atom stereocenters. The molecule has 150 valence electrons. The fraction of sp³-hybridized carbons (Fsp3) is 0.304. The minimum absolute atomic E-state index is 0.0599. The number of aromatic amines is 1. The highest BCUT2D eigenvalue weighted by Crippen LogP contribution is 2.27. The highest BCUT2D eigenvalue weighted by Gasteiger charge is 2.25. The summed E-state index contributed by atoms with van der Waals surface area (Å²) in [5, 5.41) is 10.1. The lowest BCUT2D eigenvalue weighted by Gasteiger charge is -2.32. The average Bonchev–Trinajstić information content (AvgIpc) is 3.30. The van der Waals surface area contributed by atoms with Gasteiger partial charge in [-0.2, -0.15) is 5.10 Å². The first-order valence-corrected chi connectivity index (χ1v) is 10.0. The molecule has 6 nitrogen and oxygen atoms in total. The van der Waals surface area contributed by atoms with Gasteiger partial charge in [-0.25, -0.2) is 4.79 Å². The third-order valence-electron chi connectivity index (χ3n) is 5.36. The van der Waals surface area contributed by atoms with E-state index in [0.29, 0.717) is 19.1 Å².